The number of rotatable bonds is 7. The first-order valence-corrected chi connectivity index (χ1v) is 11.7. The van der Waals surface area contributed by atoms with Crippen LogP contribution in [0, 0.1) is 6.92 Å². The summed E-state index contributed by atoms with van der Waals surface area (Å²) in [6.07, 6.45) is 0.987. The first-order valence-electron chi connectivity index (χ1n) is 10.8. The van der Waals surface area contributed by atoms with Gasteiger partial charge in [-0.25, -0.2) is 4.98 Å². The number of amides is 1. The largest absolute Gasteiger partial charge is 0.489 e. The Labute approximate surface area is 188 Å². The van der Waals surface area contributed by atoms with Gasteiger partial charge in [-0.15, -0.1) is 11.3 Å². The lowest BCUT2D eigenvalue weighted by atomic mass is 10.1. The number of carbonyl (C=O) groups is 1. The van der Waals surface area contributed by atoms with E-state index in [1.54, 1.807) is 11.3 Å². The molecular weight excluding hydrogens is 406 g/mol. The molecule has 1 amide bonds. The second kappa shape index (κ2) is 10.1. The number of nitrogens with zero attached hydrogens (tertiary/aromatic N) is 3. The van der Waals surface area contributed by atoms with Gasteiger partial charge in [0.2, 0.25) is 0 Å². The summed E-state index contributed by atoms with van der Waals surface area (Å²) in [5.74, 6) is 0.795. The van der Waals surface area contributed by atoms with Crippen LogP contribution in [0.15, 0.2) is 53.9 Å². The van der Waals surface area contributed by atoms with Crippen molar-refractivity contribution in [3.8, 4) is 5.75 Å². The molecule has 0 radical (unpaired) electrons. The Bertz CT molecular complexity index is 1020. The van der Waals surface area contributed by atoms with Crippen molar-refractivity contribution in [2.75, 3.05) is 26.2 Å². The summed E-state index contributed by atoms with van der Waals surface area (Å²) in [5, 5.41) is 3.34. The van der Waals surface area contributed by atoms with Gasteiger partial charge in [0, 0.05) is 43.7 Å². The Hall–Kier alpha value is -2.70. The number of benzene rings is 2. The van der Waals surface area contributed by atoms with E-state index < -0.39 is 0 Å². The van der Waals surface area contributed by atoms with Gasteiger partial charge in [0.05, 0.1) is 10.7 Å². The predicted octanol–water partition coefficient (Wildman–Crippen LogP) is 4.55. The second-order valence-corrected chi connectivity index (χ2v) is 8.90. The van der Waals surface area contributed by atoms with Crippen LogP contribution < -0.4 is 4.74 Å². The highest BCUT2D eigenvalue weighted by molar-refractivity contribution is 7.09. The van der Waals surface area contributed by atoms with E-state index in [9.17, 15) is 4.79 Å². The lowest BCUT2D eigenvalue weighted by molar-refractivity contribution is 0.0626. The zero-order valence-corrected chi connectivity index (χ0v) is 19.0. The number of ether oxygens (including phenoxy) is 1. The highest BCUT2D eigenvalue weighted by Gasteiger charge is 2.23. The Balaban J connectivity index is 1.30. The normalized spacial score (nSPS) is 14.6. The molecule has 1 aromatic heterocycles. The first-order chi connectivity index (χ1) is 15.1. The van der Waals surface area contributed by atoms with Crippen molar-refractivity contribution in [2.45, 2.75) is 33.4 Å². The van der Waals surface area contributed by atoms with Gasteiger partial charge in [-0.05, 0) is 37.1 Å². The summed E-state index contributed by atoms with van der Waals surface area (Å²) in [7, 11) is 0. The molecule has 0 spiro atoms. The molecular formula is C25H29N3O2S. The second-order valence-electron chi connectivity index (χ2n) is 7.96. The summed E-state index contributed by atoms with van der Waals surface area (Å²) < 4.78 is 5.93. The minimum atomic E-state index is 0.0718. The van der Waals surface area contributed by atoms with Crippen molar-refractivity contribution < 1.29 is 9.53 Å². The fourth-order valence-electron chi connectivity index (χ4n) is 3.79. The third-order valence-corrected chi connectivity index (χ3v) is 6.56. The highest BCUT2D eigenvalue weighted by Crippen LogP contribution is 2.19. The molecule has 3 aromatic rings. The topological polar surface area (TPSA) is 45.7 Å². The predicted molar refractivity (Wildman–Crippen MR) is 125 cm³/mol. The maximum absolute atomic E-state index is 13.0. The molecule has 0 unspecified atom stereocenters. The summed E-state index contributed by atoms with van der Waals surface area (Å²) >= 11 is 1.73. The van der Waals surface area contributed by atoms with Crippen LogP contribution in [0.4, 0.5) is 0 Å². The molecule has 5 nitrogen and oxygen atoms in total. The van der Waals surface area contributed by atoms with E-state index in [1.807, 2.05) is 35.2 Å². The Morgan fingerprint density at radius 2 is 1.90 bits per heavy atom. The fourth-order valence-corrected chi connectivity index (χ4v) is 4.53. The molecule has 1 aliphatic rings. The van der Waals surface area contributed by atoms with Gasteiger partial charge in [0.1, 0.15) is 12.4 Å². The number of hydrogen-bond donors (Lipinski definition) is 0. The summed E-state index contributed by atoms with van der Waals surface area (Å²) in [6, 6.07) is 15.8. The first kappa shape index (κ1) is 21.5. The summed E-state index contributed by atoms with van der Waals surface area (Å²) in [5.41, 5.74) is 4.16. The fraction of sp³-hybridized carbons (Fsp3) is 0.360. The molecule has 0 saturated carbocycles. The van der Waals surface area contributed by atoms with Gasteiger partial charge in [-0.3, -0.25) is 9.69 Å². The van der Waals surface area contributed by atoms with Crippen LogP contribution in [-0.4, -0.2) is 46.9 Å². The number of piperazine rings is 1. The van der Waals surface area contributed by atoms with Crippen LogP contribution in [0.5, 0.6) is 5.75 Å². The van der Waals surface area contributed by atoms with Crippen molar-refractivity contribution in [2.24, 2.45) is 0 Å². The minimum absolute atomic E-state index is 0.0718. The molecule has 31 heavy (non-hydrogen) atoms. The van der Waals surface area contributed by atoms with Crippen molar-refractivity contribution in [3.05, 3.63) is 81.3 Å². The van der Waals surface area contributed by atoms with Crippen LogP contribution >= 0.6 is 11.3 Å². The smallest absolute Gasteiger partial charge is 0.254 e. The Morgan fingerprint density at radius 3 is 2.65 bits per heavy atom. The van der Waals surface area contributed by atoms with Gasteiger partial charge in [0.15, 0.2) is 0 Å². The number of aromatic nitrogens is 1. The van der Waals surface area contributed by atoms with Gasteiger partial charge in [0.25, 0.3) is 5.91 Å². The van der Waals surface area contributed by atoms with Crippen molar-refractivity contribution in [1.29, 1.82) is 0 Å². The molecule has 1 saturated heterocycles. The zero-order chi connectivity index (χ0) is 21.6. The van der Waals surface area contributed by atoms with Crippen LogP contribution in [0.25, 0.3) is 0 Å². The SMILES string of the molecule is CCc1nc(CN2CCN(C(=O)c3cccc(OCc4cccc(C)c4)c3)CC2)cs1. The number of aryl methyl sites for hydroxylation is 2. The lowest BCUT2D eigenvalue weighted by Gasteiger charge is -2.34. The Kier molecular flexibility index (Phi) is 6.99. The molecule has 2 heterocycles. The van der Waals surface area contributed by atoms with Crippen molar-refractivity contribution in [3.63, 3.8) is 0 Å². The molecule has 1 aliphatic heterocycles. The van der Waals surface area contributed by atoms with Gasteiger partial charge < -0.3 is 9.64 Å². The summed E-state index contributed by atoms with van der Waals surface area (Å²) in [4.78, 5) is 22.0. The molecule has 1 fully saturated rings. The summed E-state index contributed by atoms with van der Waals surface area (Å²) in [6.45, 7) is 8.77. The molecule has 0 atom stereocenters. The van der Waals surface area contributed by atoms with Gasteiger partial charge in [-0.1, -0.05) is 42.8 Å². The van der Waals surface area contributed by atoms with E-state index >= 15 is 0 Å². The minimum Gasteiger partial charge on any atom is -0.489 e. The lowest BCUT2D eigenvalue weighted by Crippen LogP contribution is -2.48. The molecule has 0 N–H and O–H groups in total. The molecule has 4 rings (SSSR count). The maximum Gasteiger partial charge on any atom is 0.254 e. The van der Waals surface area contributed by atoms with Crippen molar-refractivity contribution in [1.82, 2.24) is 14.8 Å². The monoisotopic (exact) mass is 435 g/mol. The molecule has 2 aromatic carbocycles. The van der Waals surface area contributed by atoms with E-state index in [0.29, 0.717) is 12.2 Å². The van der Waals surface area contributed by atoms with Crippen LogP contribution in [0.2, 0.25) is 0 Å². The van der Waals surface area contributed by atoms with Crippen LogP contribution in [0.1, 0.15) is 39.1 Å². The van der Waals surface area contributed by atoms with E-state index in [0.717, 1.165) is 56.2 Å². The van der Waals surface area contributed by atoms with Crippen molar-refractivity contribution >= 4 is 17.2 Å². The van der Waals surface area contributed by atoms with E-state index in [1.165, 1.54) is 10.6 Å². The zero-order valence-electron chi connectivity index (χ0n) is 18.2. The van der Waals surface area contributed by atoms with E-state index in [-0.39, 0.29) is 5.91 Å². The quantitative estimate of drug-likeness (QED) is 0.546. The van der Waals surface area contributed by atoms with E-state index in [2.05, 4.69) is 47.3 Å². The molecule has 162 valence electrons. The van der Waals surface area contributed by atoms with Gasteiger partial charge in [-0.2, -0.15) is 0 Å². The standard InChI is InChI=1S/C25H29N3O2S/c1-3-24-26-22(18-31-24)16-27-10-12-28(13-11-27)25(29)21-8-5-9-23(15-21)30-17-20-7-4-6-19(2)14-20/h4-9,14-15,18H,3,10-13,16-17H2,1-2H3. The number of carbonyl (C=O) groups excluding carboxylic acids is 1. The number of thiazole rings is 1. The van der Waals surface area contributed by atoms with Crippen LogP contribution in [0.3, 0.4) is 0 Å². The average Bonchev–Trinajstić information content (AvgIpc) is 3.25. The number of hydrogen-bond acceptors (Lipinski definition) is 5. The Morgan fingerprint density at radius 1 is 1.10 bits per heavy atom. The van der Waals surface area contributed by atoms with Gasteiger partial charge >= 0.3 is 0 Å². The third kappa shape index (κ3) is 5.71. The molecule has 0 bridgehead atoms. The maximum atomic E-state index is 13.0. The molecule has 0 aliphatic carbocycles. The van der Waals surface area contributed by atoms with Crippen LogP contribution in [-0.2, 0) is 19.6 Å². The molecule has 6 heteroatoms. The highest BCUT2D eigenvalue weighted by atomic mass is 32.1. The third-order valence-electron chi connectivity index (χ3n) is 5.52. The average molecular weight is 436 g/mol. The van der Waals surface area contributed by atoms with E-state index in [4.69, 9.17) is 4.74 Å².